The second-order valence-corrected chi connectivity index (χ2v) is 9.15. The van der Waals surface area contributed by atoms with Crippen LogP contribution < -0.4 is 10.2 Å². The lowest BCUT2D eigenvalue weighted by molar-refractivity contribution is -0.227. The van der Waals surface area contributed by atoms with E-state index in [4.69, 9.17) is 10.2 Å². The first kappa shape index (κ1) is 32.5. The fraction of sp³-hybridized carbons (Fsp3) is 0.640. The minimum absolute atomic E-state index is 0.0291. The van der Waals surface area contributed by atoms with Gasteiger partial charge < -0.3 is 29.5 Å². The molecule has 0 aromatic carbocycles. The number of rotatable bonds is 22. The molecule has 9 heteroatoms. The van der Waals surface area contributed by atoms with Gasteiger partial charge in [-0.05, 0) is 44.9 Å². The highest BCUT2D eigenvalue weighted by atomic mass is 31.2. The molecular formula is C25H43NO7P-. The maximum absolute atomic E-state index is 11.7. The van der Waals surface area contributed by atoms with E-state index in [1.807, 2.05) is 6.08 Å². The zero-order valence-corrected chi connectivity index (χ0v) is 21.4. The van der Waals surface area contributed by atoms with Gasteiger partial charge in [0.05, 0.1) is 19.8 Å². The highest BCUT2D eigenvalue weighted by molar-refractivity contribution is 7.45. The predicted octanol–water partition coefficient (Wildman–Crippen LogP) is 4.10. The van der Waals surface area contributed by atoms with Crippen molar-refractivity contribution in [1.29, 1.82) is 0 Å². The molecule has 0 spiro atoms. The largest absolute Gasteiger partial charge is 0.756 e. The average molecular weight is 501 g/mol. The maximum Gasteiger partial charge on any atom is 0.268 e. The van der Waals surface area contributed by atoms with E-state index >= 15 is 0 Å². The molecule has 0 aromatic heterocycles. The Kier molecular flexibility index (Phi) is 22.2. The fourth-order valence-electron chi connectivity index (χ4n) is 2.64. The average Bonchev–Trinajstić information content (AvgIpc) is 2.82. The Hall–Kier alpha value is -1.54. The van der Waals surface area contributed by atoms with Gasteiger partial charge in [-0.1, -0.05) is 68.4 Å². The van der Waals surface area contributed by atoms with Crippen LogP contribution in [0.5, 0.6) is 0 Å². The standard InChI is InChI=1S/C25H44NO7P/c1-2-3-4-5-6-7-8-9-10-11-12-13-14-15-16-17-18-19-25(29)26-20-21-32-34(30,31)33-23-24(28)22-27/h6-7,9-10,12-13,15-16,24,27-28H,2-5,8,11,14,17-23H2,1H3,(H,26,29)(H,30,31)/p-1/b7-6-,10-9-,13-12-,16-15-/t24-/m1/s1. The summed E-state index contributed by atoms with van der Waals surface area (Å²) >= 11 is 0. The van der Waals surface area contributed by atoms with Gasteiger partial charge in [0.2, 0.25) is 5.91 Å². The Morgan fingerprint density at radius 2 is 1.50 bits per heavy atom. The van der Waals surface area contributed by atoms with E-state index in [9.17, 15) is 14.3 Å². The maximum atomic E-state index is 11.7. The number of carbonyl (C=O) groups is 1. The SMILES string of the molecule is CCCCC/C=C\C/C=C\C/C=C\C/C=C\CCCC(=O)NCCOP(=O)([O-])OC[C@H](O)CO. The summed E-state index contributed by atoms with van der Waals surface area (Å²) in [5.74, 6) is -0.183. The van der Waals surface area contributed by atoms with E-state index in [1.54, 1.807) is 0 Å². The molecule has 196 valence electrons. The normalized spacial score (nSPS) is 15.1. The quantitative estimate of drug-likeness (QED) is 0.116. The summed E-state index contributed by atoms with van der Waals surface area (Å²) in [5.41, 5.74) is 0. The Morgan fingerprint density at radius 3 is 2.06 bits per heavy atom. The van der Waals surface area contributed by atoms with Crippen molar-refractivity contribution >= 4 is 13.7 Å². The number of aliphatic hydroxyl groups is 2. The molecule has 0 saturated heterocycles. The topological polar surface area (TPSA) is 128 Å². The third-order valence-electron chi connectivity index (χ3n) is 4.54. The molecule has 0 heterocycles. The molecule has 0 radical (unpaired) electrons. The number of nitrogens with one attached hydrogen (secondary N) is 1. The van der Waals surface area contributed by atoms with Crippen LogP contribution in [0.3, 0.4) is 0 Å². The van der Waals surface area contributed by atoms with Gasteiger partial charge in [0.25, 0.3) is 7.82 Å². The van der Waals surface area contributed by atoms with Gasteiger partial charge in [0.1, 0.15) is 6.10 Å². The second kappa shape index (κ2) is 23.2. The van der Waals surface area contributed by atoms with E-state index < -0.39 is 27.1 Å². The number of hydrogen-bond acceptors (Lipinski definition) is 7. The Morgan fingerprint density at radius 1 is 0.941 bits per heavy atom. The Balaban J connectivity index is 3.63. The van der Waals surface area contributed by atoms with Gasteiger partial charge in [0, 0.05) is 13.0 Å². The van der Waals surface area contributed by atoms with Crippen LogP contribution in [0.1, 0.15) is 71.1 Å². The smallest absolute Gasteiger partial charge is 0.268 e. The Bertz CT molecular complexity index is 662. The molecule has 0 rings (SSSR count). The molecule has 0 saturated carbocycles. The number of carbonyl (C=O) groups excluding carboxylic acids is 1. The van der Waals surface area contributed by atoms with Gasteiger partial charge in [0.15, 0.2) is 0 Å². The van der Waals surface area contributed by atoms with E-state index in [0.29, 0.717) is 12.8 Å². The minimum atomic E-state index is -4.57. The molecular weight excluding hydrogens is 457 g/mol. The van der Waals surface area contributed by atoms with Crippen molar-refractivity contribution < 1.29 is 33.5 Å². The minimum Gasteiger partial charge on any atom is -0.756 e. The monoisotopic (exact) mass is 500 g/mol. The van der Waals surface area contributed by atoms with E-state index in [1.165, 1.54) is 25.7 Å². The van der Waals surface area contributed by atoms with Crippen molar-refractivity contribution in [3.05, 3.63) is 48.6 Å². The number of unbranched alkanes of at least 4 members (excludes halogenated alkanes) is 4. The first-order chi connectivity index (χ1) is 16.4. The first-order valence-electron chi connectivity index (χ1n) is 12.2. The highest BCUT2D eigenvalue weighted by Crippen LogP contribution is 2.37. The second-order valence-electron chi connectivity index (χ2n) is 7.74. The molecule has 2 atom stereocenters. The summed E-state index contributed by atoms with van der Waals surface area (Å²) in [6, 6.07) is 0. The van der Waals surface area contributed by atoms with E-state index in [0.717, 1.165) is 25.7 Å². The van der Waals surface area contributed by atoms with Crippen LogP contribution in [0.2, 0.25) is 0 Å². The van der Waals surface area contributed by atoms with Gasteiger partial charge in [-0.2, -0.15) is 0 Å². The van der Waals surface area contributed by atoms with Crippen molar-refractivity contribution in [3.63, 3.8) is 0 Å². The highest BCUT2D eigenvalue weighted by Gasteiger charge is 2.12. The Labute approximate surface area is 205 Å². The number of aliphatic hydroxyl groups excluding tert-OH is 2. The zero-order valence-electron chi connectivity index (χ0n) is 20.5. The molecule has 0 aliphatic rings. The molecule has 0 aliphatic carbocycles. The number of phosphoric ester groups is 1. The number of phosphoric acid groups is 1. The van der Waals surface area contributed by atoms with Gasteiger partial charge >= 0.3 is 0 Å². The summed E-state index contributed by atoms with van der Waals surface area (Å²) in [4.78, 5) is 23.1. The summed E-state index contributed by atoms with van der Waals surface area (Å²) in [5, 5.41) is 20.2. The molecule has 1 amide bonds. The van der Waals surface area contributed by atoms with Crippen molar-refractivity contribution in [2.45, 2.75) is 77.2 Å². The third-order valence-corrected chi connectivity index (χ3v) is 5.51. The number of amides is 1. The molecule has 0 fully saturated rings. The van der Waals surface area contributed by atoms with E-state index in [-0.39, 0.29) is 19.1 Å². The first-order valence-corrected chi connectivity index (χ1v) is 13.6. The van der Waals surface area contributed by atoms with Crippen molar-refractivity contribution in [3.8, 4) is 0 Å². The third kappa shape index (κ3) is 23.6. The van der Waals surface area contributed by atoms with Crippen LogP contribution in [0.25, 0.3) is 0 Å². The van der Waals surface area contributed by atoms with Crippen molar-refractivity contribution in [1.82, 2.24) is 5.32 Å². The van der Waals surface area contributed by atoms with Crippen LogP contribution >= 0.6 is 7.82 Å². The van der Waals surface area contributed by atoms with Crippen LogP contribution in [0.15, 0.2) is 48.6 Å². The van der Waals surface area contributed by atoms with Gasteiger partial charge in [-0.15, -0.1) is 0 Å². The summed E-state index contributed by atoms with van der Waals surface area (Å²) in [6.45, 7) is 0.784. The lowest BCUT2D eigenvalue weighted by Crippen LogP contribution is -2.28. The molecule has 0 aromatic rings. The van der Waals surface area contributed by atoms with Crippen LogP contribution in [0, 0.1) is 0 Å². The molecule has 0 aliphatic heterocycles. The lowest BCUT2D eigenvalue weighted by atomic mass is 10.2. The zero-order chi connectivity index (χ0) is 25.3. The van der Waals surface area contributed by atoms with Crippen LogP contribution in [-0.4, -0.2) is 48.6 Å². The van der Waals surface area contributed by atoms with Crippen molar-refractivity contribution in [2.24, 2.45) is 0 Å². The summed E-state index contributed by atoms with van der Waals surface area (Å²) in [7, 11) is -4.57. The van der Waals surface area contributed by atoms with Gasteiger partial charge in [-0.3, -0.25) is 9.36 Å². The molecule has 0 bridgehead atoms. The fourth-order valence-corrected chi connectivity index (χ4v) is 3.39. The van der Waals surface area contributed by atoms with Crippen LogP contribution in [0.4, 0.5) is 0 Å². The van der Waals surface area contributed by atoms with Crippen LogP contribution in [-0.2, 0) is 18.4 Å². The summed E-state index contributed by atoms with van der Waals surface area (Å²) < 4.78 is 20.4. The molecule has 8 nitrogen and oxygen atoms in total. The predicted molar refractivity (Wildman–Crippen MR) is 134 cm³/mol. The number of allylic oxidation sites excluding steroid dienone is 8. The number of hydrogen-bond donors (Lipinski definition) is 3. The van der Waals surface area contributed by atoms with E-state index in [2.05, 4.69) is 63.8 Å². The molecule has 1 unspecified atom stereocenters. The lowest BCUT2D eigenvalue weighted by Gasteiger charge is -2.23. The summed E-state index contributed by atoms with van der Waals surface area (Å²) in [6.07, 6.45) is 25.6. The van der Waals surface area contributed by atoms with Crippen molar-refractivity contribution in [2.75, 3.05) is 26.4 Å². The molecule has 3 N–H and O–H groups in total. The molecule has 34 heavy (non-hydrogen) atoms. The van der Waals surface area contributed by atoms with Gasteiger partial charge in [-0.25, -0.2) is 0 Å².